The summed E-state index contributed by atoms with van der Waals surface area (Å²) in [5.74, 6) is 0.254. The van der Waals surface area contributed by atoms with Crippen molar-refractivity contribution in [1.82, 2.24) is 5.43 Å². The van der Waals surface area contributed by atoms with E-state index in [1.165, 1.54) is 12.3 Å². The van der Waals surface area contributed by atoms with Crippen molar-refractivity contribution in [2.75, 3.05) is 0 Å². The van der Waals surface area contributed by atoms with Gasteiger partial charge in [0.05, 0.1) is 24.7 Å². The van der Waals surface area contributed by atoms with Crippen LogP contribution in [0.3, 0.4) is 0 Å². The highest BCUT2D eigenvalue weighted by Crippen LogP contribution is 2.30. The SMILES string of the molecule is O=C(Cc1ccccc1[N+](=O)[O-])N/N=C/c1cc(I)c(OCc2ccc(Cl)cc2Cl)c(I)c1. The average molecular weight is 710 g/mol. The quantitative estimate of drug-likeness (QED) is 0.127. The number of amides is 1. The highest BCUT2D eigenvalue weighted by Gasteiger charge is 2.15. The van der Waals surface area contributed by atoms with Crippen molar-refractivity contribution in [2.24, 2.45) is 5.10 Å². The van der Waals surface area contributed by atoms with E-state index >= 15 is 0 Å². The largest absolute Gasteiger partial charge is 0.487 e. The van der Waals surface area contributed by atoms with E-state index in [9.17, 15) is 14.9 Å². The fourth-order valence-electron chi connectivity index (χ4n) is 2.81. The second kappa shape index (κ2) is 12.0. The third-order valence-electron chi connectivity index (χ3n) is 4.35. The van der Waals surface area contributed by atoms with Crippen molar-refractivity contribution in [3.05, 3.63) is 98.6 Å². The summed E-state index contributed by atoms with van der Waals surface area (Å²) in [5, 5.41) is 16.1. The van der Waals surface area contributed by atoms with Gasteiger partial charge in [0, 0.05) is 27.2 Å². The lowest BCUT2D eigenvalue weighted by Gasteiger charge is -2.12. The van der Waals surface area contributed by atoms with E-state index in [2.05, 4.69) is 55.7 Å². The Bertz CT molecular complexity index is 1220. The van der Waals surface area contributed by atoms with Crippen LogP contribution >= 0.6 is 68.4 Å². The van der Waals surface area contributed by atoms with E-state index in [-0.39, 0.29) is 18.7 Å². The van der Waals surface area contributed by atoms with Crippen LogP contribution in [0.1, 0.15) is 16.7 Å². The number of hydrogen-bond donors (Lipinski definition) is 1. The number of halogens is 4. The van der Waals surface area contributed by atoms with Crippen LogP contribution in [-0.4, -0.2) is 17.0 Å². The summed E-state index contributed by atoms with van der Waals surface area (Å²) in [6.07, 6.45) is 1.35. The Morgan fingerprint density at radius 1 is 1.09 bits per heavy atom. The molecular weight excluding hydrogens is 695 g/mol. The van der Waals surface area contributed by atoms with Gasteiger partial charge >= 0.3 is 0 Å². The van der Waals surface area contributed by atoms with Gasteiger partial charge in [-0.05, 0) is 75.0 Å². The second-order valence-electron chi connectivity index (χ2n) is 6.69. The lowest BCUT2D eigenvalue weighted by atomic mass is 10.1. The Morgan fingerprint density at radius 2 is 1.79 bits per heavy atom. The van der Waals surface area contributed by atoms with E-state index in [0.717, 1.165) is 18.3 Å². The zero-order valence-corrected chi connectivity index (χ0v) is 22.6. The molecule has 0 radical (unpaired) electrons. The Hall–Kier alpha value is -1.96. The van der Waals surface area contributed by atoms with Gasteiger partial charge in [-0.15, -0.1) is 0 Å². The lowest BCUT2D eigenvalue weighted by Crippen LogP contribution is -2.20. The molecule has 0 aliphatic heterocycles. The number of nitro benzene ring substituents is 1. The maximum absolute atomic E-state index is 12.1. The number of para-hydroxylation sites is 1. The number of nitrogens with zero attached hydrogens (tertiary/aromatic N) is 2. The maximum atomic E-state index is 12.1. The number of nitrogens with one attached hydrogen (secondary N) is 1. The zero-order valence-electron chi connectivity index (χ0n) is 16.7. The molecule has 0 atom stereocenters. The van der Waals surface area contributed by atoms with E-state index < -0.39 is 10.8 Å². The standard InChI is InChI=1S/C22H15Cl2I2N3O4/c23-16-6-5-15(17(24)10-16)12-33-22-18(25)7-13(8-19(22)26)11-27-28-21(30)9-14-3-1-2-4-20(14)29(31)32/h1-8,10-11H,9,12H2,(H,28,30)/b27-11+. The minimum atomic E-state index is -0.514. The molecule has 3 aromatic carbocycles. The lowest BCUT2D eigenvalue weighted by molar-refractivity contribution is -0.385. The molecule has 11 heteroatoms. The fourth-order valence-corrected chi connectivity index (χ4v) is 5.40. The van der Waals surface area contributed by atoms with Gasteiger partial charge < -0.3 is 4.74 Å². The van der Waals surface area contributed by atoms with Crippen LogP contribution < -0.4 is 10.2 Å². The molecule has 1 amide bonds. The predicted molar refractivity (Wildman–Crippen MR) is 145 cm³/mol. The van der Waals surface area contributed by atoms with Gasteiger partial charge in [-0.25, -0.2) is 5.43 Å². The molecule has 0 unspecified atom stereocenters. The van der Waals surface area contributed by atoms with Gasteiger partial charge in [0.25, 0.3) is 5.69 Å². The highest BCUT2D eigenvalue weighted by atomic mass is 127. The van der Waals surface area contributed by atoms with Gasteiger partial charge in [-0.2, -0.15) is 5.10 Å². The van der Waals surface area contributed by atoms with Crippen molar-refractivity contribution < 1.29 is 14.5 Å². The predicted octanol–water partition coefficient (Wildman–Crippen LogP) is 6.38. The van der Waals surface area contributed by atoms with Crippen LogP contribution in [-0.2, 0) is 17.8 Å². The monoisotopic (exact) mass is 709 g/mol. The molecule has 0 saturated heterocycles. The van der Waals surface area contributed by atoms with Crippen molar-refractivity contribution in [3.63, 3.8) is 0 Å². The Balaban J connectivity index is 1.62. The summed E-state index contributed by atoms with van der Waals surface area (Å²) in [5.41, 5.74) is 4.20. The van der Waals surface area contributed by atoms with Gasteiger partial charge in [0.1, 0.15) is 12.4 Å². The maximum Gasteiger partial charge on any atom is 0.273 e. The molecule has 33 heavy (non-hydrogen) atoms. The average Bonchev–Trinajstić information content (AvgIpc) is 2.74. The molecule has 0 aliphatic rings. The van der Waals surface area contributed by atoms with Crippen LogP contribution in [0, 0.1) is 17.3 Å². The van der Waals surface area contributed by atoms with Crippen LogP contribution in [0.4, 0.5) is 5.69 Å². The fraction of sp³-hybridized carbons (Fsp3) is 0.0909. The van der Waals surface area contributed by atoms with Gasteiger partial charge in [-0.1, -0.05) is 47.5 Å². The van der Waals surface area contributed by atoms with Gasteiger partial charge in [-0.3, -0.25) is 14.9 Å². The molecule has 7 nitrogen and oxygen atoms in total. The van der Waals surface area contributed by atoms with Crippen LogP contribution in [0.2, 0.25) is 10.0 Å². The minimum Gasteiger partial charge on any atom is -0.487 e. The first-order valence-electron chi connectivity index (χ1n) is 9.34. The molecule has 1 N–H and O–H groups in total. The molecule has 0 saturated carbocycles. The summed E-state index contributed by atoms with van der Waals surface area (Å²) in [4.78, 5) is 22.7. The molecular formula is C22H15Cl2I2N3O4. The van der Waals surface area contributed by atoms with Crippen molar-refractivity contribution in [2.45, 2.75) is 13.0 Å². The smallest absolute Gasteiger partial charge is 0.273 e. The van der Waals surface area contributed by atoms with E-state index in [1.807, 2.05) is 18.2 Å². The van der Waals surface area contributed by atoms with Gasteiger partial charge in [0.15, 0.2) is 0 Å². The van der Waals surface area contributed by atoms with Gasteiger partial charge in [0.2, 0.25) is 5.91 Å². The number of hydrazone groups is 1. The third-order valence-corrected chi connectivity index (χ3v) is 6.54. The Kier molecular flexibility index (Phi) is 9.29. The first kappa shape index (κ1) is 25.7. The Morgan fingerprint density at radius 3 is 2.45 bits per heavy atom. The van der Waals surface area contributed by atoms with Crippen LogP contribution in [0.5, 0.6) is 5.75 Å². The number of carbonyl (C=O) groups is 1. The third kappa shape index (κ3) is 7.26. The molecule has 0 bridgehead atoms. The Labute approximate surface area is 226 Å². The van der Waals surface area contributed by atoms with Crippen molar-refractivity contribution >= 4 is 86.2 Å². The van der Waals surface area contributed by atoms with Crippen molar-refractivity contribution in [3.8, 4) is 5.75 Å². The van der Waals surface area contributed by atoms with E-state index in [1.54, 1.807) is 30.3 Å². The summed E-state index contributed by atoms with van der Waals surface area (Å²) >= 11 is 16.5. The summed E-state index contributed by atoms with van der Waals surface area (Å²) in [6, 6.07) is 15.1. The molecule has 0 aliphatic carbocycles. The van der Waals surface area contributed by atoms with Crippen molar-refractivity contribution in [1.29, 1.82) is 0 Å². The molecule has 0 heterocycles. The molecule has 0 spiro atoms. The molecule has 3 aromatic rings. The summed E-state index contributed by atoms with van der Waals surface area (Å²) in [7, 11) is 0. The molecule has 0 aromatic heterocycles. The second-order valence-corrected chi connectivity index (χ2v) is 9.86. The summed E-state index contributed by atoms with van der Waals surface area (Å²) in [6.45, 7) is 0.289. The number of carbonyl (C=O) groups excluding carboxylic acids is 1. The number of ether oxygens (including phenoxy) is 1. The molecule has 170 valence electrons. The number of benzene rings is 3. The number of rotatable bonds is 8. The molecule has 0 fully saturated rings. The topological polar surface area (TPSA) is 93.8 Å². The minimum absolute atomic E-state index is 0.101. The number of nitro groups is 1. The van der Waals surface area contributed by atoms with Crippen LogP contribution in [0.15, 0.2) is 59.7 Å². The summed E-state index contributed by atoms with van der Waals surface area (Å²) < 4.78 is 7.67. The van der Waals surface area contributed by atoms with Crippen LogP contribution in [0.25, 0.3) is 0 Å². The first-order valence-corrected chi connectivity index (χ1v) is 12.3. The van der Waals surface area contributed by atoms with E-state index in [4.69, 9.17) is 27.9 Å². The zero-order chi connectivity index (χ0) is 24.0. The number of hydrogen-bond acceptors (Lipinski definition) is 5. The van der Waals surface area contributed by atoms with E-state index in [0.29, 0.717) is 21.4 Å². The highest BCUT2D eigenvalue weighted by molar-refractivity contribution is 14.1. The first-order chi connectivity index (χ1) is 15.7. The normalized spacial score (nSPS) is 10.9. The molecule has 3 rings (SSSR count).